The molecule has 3 nitrogen and oxygen atoms in total. The van der Waals surface area contributed by atoms with Crippen molar-refractivity contribution in [3.8, 4) is 0 Å². The topological polar surface area (TPSA) is 29.9 Å². The lowest BCUT2D eigenvalue weighted by Crippen LogP contribution is -2.30. The van der Waals surface area contributed by atoms with Crippen LogP contribution < -0.4 is 5.32 Å². The van der Waals surface area contributed by atoms with E-state index < -0.39 is 0 Å². The predicted octanol–water partition coefficient (Wildman–Crippen LogP) is 3.24. The molecule has 2 aromatic rings. The Bertz CT molecular complexity index is 545. The molecular formula is C16H22ClN3. The van der Waals surface area contributed by atoms with Crippen molar-refractivity contribution in [2.24, 2.45) is 0 Å². The first kappa shape index (κ1) is 15.1. The molecule has 1 heterocycles. The van der Waals surface area contributed by atoms with E-state index in [9.17, 15) is 0 Å². The van der Waals surface area contributed by atoms with E-state index in [0.717, 1.165) is 30.1 Å². The number of hydrogen-bond donors (Lipinski definition) is 1. The first-order chi connectivity index (χ1) is 9.62. The normalized spacial score (nSPS) is 12.6. The lowest BCUT2D eigenvalue weighted by atomic mass is 10.0. The van der Waals surface area contributed by atoms with Gasteiger partial charge in [0.2, 0.25) is 0 Å². The second-order valence-electron chi connectivity index (χ2n) is 5.11. The molecule has 20 heavy (non-hydrogen) atoms. The Hall–Kier alpha value is -1.32. The molecule has 0 aliphatic rings. The second kappa shape index (κ2) is 6.91. The standard InChI is InChI=1S/C16H22ClN3/c1-4-20-16(9-12(2)19-20)11-15(18-3)10-13-5-7-14(17)8-6-13/h5-9,15,18H,4,10-11H2,1-3H3. The third-order valence-electron chi connectivity index (χ3n) is 3.54. The minimum absolute atomic E-state index is 0.401. The maximum atomic E-state index is 5.93. The van der Waals surface area contributed by atoms with Gasteiger partial charge < -0.3 is 5.32 Å². The van der Waals surface area contributed by atoms with Gasteiger partial charge in [0.25, 0.3) is 0 Å². The van der Waals surface area contributed by atoms with Gasteiger partial charge in [0, 0.05) is 29.7 Å². The number of hydrogen-bond acceptors (Lipinski definition) is 2. The first-order valence-electron chi connectivity index (χ1n) is 7.07. The van der Waals surface area contributed by atoms with Crippen LogP contribution in [0.4, 0.5) is 0 Å². The summed E-state index contributed by atoms with van der Waals surface area (Å²) in [6.07, 6.45) is 1.97. The van der Waals surface area contributed by atoms with Gasteiger partial charge >= 0.3 is 0 Å². The number of nitrogens with zero attached hydrogens (tertiary/aromatic N) is 2. The van der Waals surface area contributed by atoms with Gasteiger partial charge in [-0.15, -0.1) is 0 Å². The van der Waals surface area contributed by atoms with Gasteiger partial charge in [-0.2, -0.15) is 5.10 Å². The monoisotopic (exact) mass is 291 g/mol. The molecule has 0 spiro atoms. The van der Waals surface area contributed by atoms with E-state index in [2.05, 4.69) is 40.2 Å². The summed E-state index contributed by atoms with van der Waals surface area (Å²) in [6, 6.07) is 10.7. The molecule has 0 radical (unpaired) electrons. The van der Waals surface area contributed by atoms with E-state index in [4.69, 9.17) is 11.6 Å². The zero-order chi connectivity index (χ0) is 14.5. The molecule has 108 valence electrons. The summed E-state index contributed by atoms with van der Waals surface area (Å²) in [5.41, 5.74) is 3.68. The fourth-order valence-corrected chi connectivity index (χ4v) is 2.60. The molecule has 0 aliphatic heterocycles. The molecule has 0 saturated carbocycles. The van der Waals surface area contributed by atoms with Crippen molar-refractivity contribution in [3.05, 3.63) is 52.3 Å². The molecule has 1 aromatic heterocycles. The molecule has 1 aromatic carbocycles. The molecule has 0 aliphatic carbocycles. The Labute approximate surface area is 126 Å². The van der Waals surface area contributed by atoms with E-state index >= 15 is 0 Å². The van der Waals surface area contributed by atoms with Crippen molar-refractivity contribution in [1.82, 2.24) is 15.1 Å². The number of aryl methyl sites for hydroxylation is 2. The van der Waals surface area contributed by atoms with Crippen LogP contribution in [0.2, 0.25) is 5.02 Å². The van der Waals surface area contributed by atoms with Crippen LogP contribution in [0.25, 0.3) is 0 Å². The van der Waals surface area contributed by atoms with Crippen LogP contribution in [0.3, 0.4) is 0 Å². The van der Waals surface area contributed by atoms with Crippen molar-refractivity contribution >= 4 is 11.6 Å². The number of benzene rings is 1. The molecule has 0 fully saturated rings. The summed E-state index contributed by atoms with van der Waals surface area (Å²) >= 11 is 5.93. The average molecular weight is 292 g/mol. The van der Waals surface area contributed by atoms with Gasteiger partial charge in [0.15, 0.2) is 0 Å². The van der Waals surface area contributed by atoms with Crippen LogP contribution in [0, 0.1) is 6.92 Å². The Morgan fingerprint density at radius 1 is 1.25 bits per heavy atom. The summed E-state index contributed by atoms with van der Waals surface area (Å²) in [5, 5.41) is 8.69. The van der Waals surface area contributed by atoms with Crippen molar-refractivity contribution in [1.29, 1.82) is 0 Å². The van der Waals surface area contributed by atoms with Gasteiger partial charge in [-0.25, -0.2) is 0 Å². The zero-order valence-corrected chi connectivity index (χ0v) is 13.1. The van der Waals surface area contributed by atoms with E-state index in [0.29, 0.717) is 6.04 Å². The van der Waals surface area contributed by atoms with Gasteiger partial charge in [0.05, 0.1) is 5.69 Å². The Morgan fingerprint density at radius 3 is 2.55 bits per heavy atom. The van der Waals surface area contributed by atoms with Gasteiger partial charge in [-0.1, -0.05) is 23.7 Å². The minimum atomic E-state index is 0.401. The number of likely N-dealkylation sites (N-methyl/N-ethyl adjacent to an activating group) is 1. The van der Waals surface area contributed by atoms with Crippen molar-refractivity contribution < 1.29 is 0 Å². The second-order valence-corrected chi connectivity index (χ2v) is 5.55. The van der Waals surface area contributed by atoms with Crippen LogP contribution in [0.5, 0.6) is 0 Å². The Kier molecular flexibility index (Phi) is 5.21. The fraction of sp³-hybridized carbons (Fsp3) is 0.438. The lowest BCUT2D eigenvalue weighted by Gasteiger charge is -2.17. The smallest absolute Gasteiger partial charge is 0.0596 e. The molecule has 2 rings (SSSR count). The van der Waals surface area contributed by atoms with Crippen LogP contribution in [-0.2, 0) is 19.4 Å². The maximum absolute atomic E-state index is 5.93. The van der Waals surface area contributed by atoms with E-state index in [1.165, 1.54) is 11.3 Å². The Morgan fingerprint density at radius 2 is 1.95 bits per heavy atom. The van der Waals surface area contributed by atoms with Crippen molar-refractivity contribution in [2.45, 2.75) is 39.3 Å². The van der Waals surface area contributed by atoms with E-state index in [1.54, 1.807) is 0 Å². The van der Waals surface area contributed by atoms with E-state index in [1.807, 2.05) is 26.1 Å². The maximum Gasteiger partial charge on any atom is 0.0596 e. The summed E-state index contributed by atoms with van der Waals surface area (Å²) in [7, 11) is 2.01. The third kappa shape index (κ3) is 3.84. The number of aromatic nitrogens is 2. The Balaban J connectivity index is 2.06. The summed E-state index contributed by atoms with van der Waals surface area (Å²) in [5.74, 6) is 0. The molecule has 4 heteroatoms. The highest BCUT2D eigenvalue weighted by atomic mass is 35.5. The third-order valence-corrected chi connectivity index (χ3v) is 3.80. The van der Waals surface area contributed by atoms with Crippen LogP contribution >= 0.6 is 11.6 Å². The number of halogens is 1. The van der Waals surface area contributed by atoms with Crippen LogP contribution in [0.15, 0.2) is 30.3 Å². The minimum Gasteiger partial charge on any atom is -0.316 e. The average Bonchev–Trinajstić information content (AvgIpc) is 2.80. The molecule has 1 atom stereocenters. The van der Waals surface area contributed by atoms with Crippen LogP contribution in [0.1, 0.15) is 23.9 Å². The van der Waals surface area contributed by atoms with Crippen molar-refractivity contribution in [2.75, 3.05) is 7.05 Å². The lowest BCUT2D eigenvalue weighted by molar-refractivity contribution is 0.520. The highest BCUT2D eigenvalue weighted by molar-refractivity contribution is 6.30. The summed E-state index contributed by atoms with van der Waals surface area (Å²) < 4.78 is 2.08. The van der Waals surface area contributed by atoms with Gasteiger partial charge in [0.1, 0.15) is 0 Å². The molecule has 0 saturated heterocycles. The molecule has 0 bridgehead atoms. The van der Waals surface area contributed by atoms with Gasteiger partial charge in [-0.3, -0.25) is 4.68 Å². The molecule has 0 amide bonds. The van der Waals surface area contributed by atoms with E-state index in [-0.39, 0.29) is 0 Å². The summed E-state index contributed by atoms with van der Waals surface area (Å²) in [4.78, 5) is 0. The zero-order valence-electron chi connectivity index (χ0n) is 12.4. The van der Waals surface area contributed by atoms with Gasteiger partial charge in [-0.05, 0) is 51.1 Å². The highest BCUT2D eigenvalue weighted by Crippen LogP contribution is 2.14. The SMILES string of the molecule is CCn1nc(C)cc1CC(Cc1ccc(Cl)cc1)NC. The molecular weight excluding hydrogens is 270 g/mol. The quantitative estimate of drug-likeness (QED) is 0.885. The first-order valence-corrected chi connectivity index (χ1v) is 7.45. The van der Waals surface area contributed by atoms with Crippen molar-refractivity contribution in [3.63, 3.8) is 0 Å². The fourth-order valence-electron chi connectivity index (χ4n) is 2.47. The largest absolute Gasteiger partial charge is 0.316 e. The summed E-state index contributed by atoms with van der Waals surface area (Å²) in [6.45, 7) is 5.09. The molecule has 1 N–H and O–H groups in total. The predicted molar refractivity (Wildman–Crippen MR) is 84.3 cm³/mol. The highest BCUT2D eigenvalue weighted by Gasteiger charge is 2.12. The number of nitrogens with one attached hydrogen (secondary N) is 1. The van der Waals surface area contributed by atoms with Crippen LogP contribution in [-0.4, -0.2) is 22.9 Å². The molecule has 1 unspecified atom stereocenters. The number of rotatable bonds is 6.